The first-order chi connectivity index (χ1) is 5.65. The molecule has 0 aromatic heterocycles. The summed E-state index contributed by atoms with van der Waals surface area (Å²) < 4.78 is 5.08. The molecule has 68 valence electrons. The minimum absolute atomic E-state index is 0.0510. The summed E-state index contributed by atoms with van der Waals surface area (Å²) in [6, 6.07) is 0.229. The first-order valence-electron chi connectivity index (χ1n) is 4.25. The van der Waals surface area contributed by atoms with Crippen molar-refractivity contribution in [2.75, 3.05) is 6.54 Å². The minimum atomic E-state index is -0.201. The largest absolute Gasteiger partial charge is 0.440 e. The second kappa shape index (κ2) is 3.61. The molecular weight excluding hydrogens is 154 g/mol. The SMILES string of the molecule is C/C=C/[C@H]1CN(C(C)C)C(=O)O1. The maximum Gasteiger partial charge on any atom is 0.410 e. The molecule has 3 nitrogen and oxygen atoms in total. The maximum absolute atomic E-state index is 11.2. The van der Waals surface area contributed by atoms with E-state index in [4.69, 9.17) is 4.74 Å². The average Bonchev–Trinajstić information content (AvgIpc) is 2.32. The van der Waals surface area contributed by atoms with E-state index in [-0.39, 0.29) is 18.2 Å². The van der Waals surface area contributed by atoms with Gasteiger partial charge in [0.25, 0.3) is 0 Å². The first-order valence-corrected chi connectivity index (χ1v) is 4.25. The van der Waals surface area contributed by atoms with Gasteiger partial charge in [0.05, 0.1) is 6.54 Å². The quantitative estimate of drug-likeness (QED) is 0.590. The van der Waals surface area contributed by atoms with E-state index < -0.39 is 0 Å². The molecule has 1 atom stereocenters. The van der Waals surface area contributed by atoms with E-state index >= 15 is 0 Å². The van der Waals surface area contributed by atoms with Gasteiger partial charge in [0.15, 0.2) is 0 Å². The summed E-state index contributed by atoms with van der Waals surface area (Å²) in [4.78, 5) is 12.9. The number of ether oxygens (including phenoxy) is 1. The van der Waals surface area contributed by atoms with Gasteiger partial charge >= 0.3 is 6.09 Å². The summed E-state index contributed by atoms with van der Waals surface area (Å²) in [5.74, 6) is 0. The van der Waals surface area contributed by atoms with Gasteiger partial charge in [0, 0.05) is 6.04 Å². The monoisotopic (exact) mass is 169 g/mol. The molecule has 0 spiro atoms. The third-order valence-corrected chi connectivity index (χ3v) is 1.89. The van der Waals surface area contributed by atoms with Crippen molar-refractivity contribution < 1.29 is 9.53 Å². The number of rotatable bonds is 2. The molecular formula is C9H15NO2. The Bertz CT molecular complexity index is 199. The van der Waals surface area contributed by atoms with Gasteiger partial charge in [-0.25, -0.2) is 4.79 Å². The van der Waals surface area contributed by atoms with Crippen LogP contribution in [0.15, 0.2) is 12.2 Å². The second-order valence-electron chi connectivity index (χ2n) is 3.19. The maximum atomic E-state index is 11.2. The predicted octanol–water partition coefficient (Wildman–Crippen LogP) is 1.79. The van der Waals surface area contributed by atoms with Crippen LogP contribution < -0.4 is 0 Å². The third kappa shape index (κ3) is 1.78. The lowest BCUT2D eigenvalue weighted by Gasteiger charge is -2.16. The Balaban J connectivity index is 2.56. The molecule has 1 heterocycles. The van der Waals surface area contributed by atoms with Crippen molar-refractivity contribution >= 4 is 6.09 Å². The van der Waals surface area contributed by atoms with E-state index in [9.17, 15) is 4.79 Å². The lowest BCUT2D eigenvalue weighted by atomic mass is 10.3. The molecule has 0 N–H and O–H groups in total. The van der Waals surface area contributed by atoms with E-state index in [1.807, 2.05) is 32.9 Å². The number of amides is 1. The van der Waals surface area contributed by atoms with Crippen molar-refractivity contribution in [3.05, 3.63) is 12.2 Å². The van der Waals surface area contributed by atoms with Gasteiger partial charge in [-0.05, 0) is 26.8 Å². The Kier molecular flexibility index (Phi) is 2.74. The predicted molar refractivity (Wildman–Crippen MR) is 46.9 cm³/mol. The number of carbonyl (C=O) groups is 1. The van der Waals surface area contributed by atoms with Gasteiger partial charge in [-0.1, -0.05) is 6.08 Å². The lowest BCUT2D eigenvalue weighted by Crippen LogP contribution is -2.31. The summed E-state index contributed by atoms with van der Waals surface area (Å²) in [5, 5.41) is 0. The first kappa shape index (κ1) is 9.10. The molecule has 1 aliphatic heterocycles. The molecule has 1 fully saturated rings. The van der Waals surface area contributed by atoms with Crippen LogP contribution in [0.2, 0.25) is 0 Å². The normalized spacial score (nSPS) is 24.2. The van der Waals surface area contributed by atoms with Crippen molar-refractivity contribution in [3.63, 3.8) is 0 Å². The van der Waals surface area contributed by atoms with Gasteiger partial charge in [-0.15, -0.1) is 0 Å². The zero-order valence-corrected chi connectivity index (χ0v) is 7.78. The van der Waals surface area contributed by atoms with Crippen LogP contribution in [-0.4, -0.2) is 29.7 Å². The fourth-order valence-electron chi connectivity index (χ4n) is 1.24. The Labute approximate surface area is 73.0 Å². The molecule has 0 bridgehead atoms. The van der Waals surface area contributed by atoms with Gasteiger partial charge in [0.1, 0.15) is 6.10 Å². The highest BCUT2D eigenvalue weighted by molar-refractivity contribution is 5.70. The standard InChI is InChI=1S/C9H15NO2/c1-4-5-8-6-10(7(2)3)9(11)12-8/h4-5,7-8H,6H2,1-3H3/b5-4+/t8-/m0/s1. The molecule has 3 heteroatoms. The van der Waals surface area contributed by atoms with E-state index in [0.29, 0.717) is 6.54 Å². The smallest absolute Gasteiger partial charge is 0.410 e. The highest BCUT2D eigenvalue weighted by Crippen LogP contribution is 2.14. The number of nitrogens with zero attached hydrogens (tertiary/aromatic N) is 1. The van der Waals surface area contributed by atoms with Crippen LogP contribution in [0.3, 0.4) is 0 Å². The number of hydrogen-bond acceptors (Lipinski definition) is 2. The Morgan fingerprint density at radius 1 is 1.67 bits per heavy atom. The van der Waals surface area contributed by atoms with Gasteiger partial charge in [-0.3, -0.25) is 0 Å². The molecule has 12 heavy (non-hydrogen) atoms. The van der Waals surface area contributed by atoms with Crippen LogP contribution in [0.4, 0.5) is 4.79 Å². The van der Waals surface area contributed by atoms with Crippen molar-refractivity contribution in [2.45, 2.75) is 32.9 Å². The van der Waals surface area contributed by atoms with Crippen molar-refractivity contribution in [1.82, 2.24) is 4.90 Å². The van der Waals surface area contributed by atoms with E-state index in [2.05, 4.69) is 0 Å². The van der Waals surface area contributed by atoms with Crippen molar-refractivity contribution in [1.29, 1.82) is 0 Å². The molecule has 1 saturated heterocycles. The minimum Gasteiger partial charge on any atom is -0.440 e. The summed E-state index contributed by atoms with van der Waals surface area (Å²) in [6.45, 7) is 6.57. The summed E-state index contributed by atoms with van der Waals surface area (Å²) in [6.07, 6.45) is 3.56. The topological polar surface area (TPSA) is 29.5 Å². The highest BCUT2D eigenvalue weighted by Gasteiger charge is 2.30. The molecule has 0 radical (unpaired) electrons. The second-order valence-corrected chi connectivity index (χ2v) is 3.19. The fraction of sp³-hybridized carbons (Fsp3) is 0.667. The van der Waals surface area contributed by atoms with Gasteiger partial charge < -0.3 is 9.64 Å². The Morgan fingerprint density at radius 2 is 2.33 bits per heavy atom. The van der Waals surface area contributed by atoms with Crippen LogP contribution in [0.25, 0.3) is 0 Å². The third-order valence-electron chi connectivity index (χ3n) is 1.89. The fourth-order valence-corrected chi connectivity index (χ4v) is 1.24. The van der Waals surface area contributed by atoms with E-state index in [1.165, 1.54) is 0 Å². The molecule has 1 aliphatic rings. The molecule has 0 saturated carbocycles. The summed E-state index contributed by atoms with van der Waals surface area (Å²) in [7, 11) is 0. The van der Waals surface area contributed by atoms with Crippen molar-refractivity contribution in [2.24, 2.45) is 0 Å². The van der Waals surface area contributed by atoms with Crippen LogP contribution in [0.1, 0.15) is 20.8 Å². The zero-order valence-electron chi connectivity index (χ0n) is 7.78. The average molecular weight is 169 g/mol. The molecule has 1 amide bonds. The number of hydrogen-bond donors (Lipinski definition) is 0. The number of allylic oxidation sites excluding steroid dienone is 1. The summed E-state index contributed by atoms with van der Waals surface area (Å²) >= 11 is 0. The van der Waals surface area contributed by atoms with E-state index in [1.54, 1.807) is 4.90 Å². The van der Waals surface area contributed by atoms with Crippen LogP contribution >= 0.6 is 0 Å². The van der Waals surface area contributed by atoms with Crippen LogP contribution in [0, 0.1) is 0 Å². The van der Waals surface area contributed by atoms with Gasteiger partial charge in [0.2, 0.25) is 0 Å². The van der Waals surface area contributed by atoms with Crippen LogP contribution in [0.5, 0.6) is 0 Å². The lowest BCUT2D eigenvalue weighted by molar-refractivity contribution is 0.141. The number of cyclic esters (lactones) is 1. The zero-order chi connectivity index (χ0) is 9.14. The van der Waals surface area contributed by atoms with Crippen LogP contribution in [-0.2, 0) is 4.74 Å². The number of carbonyl (C=O) groups excluding carboxylic acids is 1. The Morgan fingerprint density at radius 3 is 2.75 bits per heavy atom. The van der Waals surface area contributed by atoms with Crippen molar-refractivity contribution in [3.8, 4) is 0 Å². The Hall–Kier alpha value is -0.990. The highest BCUT2D eigenvalue weighted by atomic mass is 16.6. The summed E-state index contributed by atoms with van der Waals surface area (Å²) in [5.41, 5.74) is 0. The molecule has 1 rings (SSSR count). The molecule has 0 aromatic rings. The van der Waals surface area contributed by atoms with Gasteiger partial charge in [-0.2, -0.15) is 0 Å². The molecule has 0 aliphatic carbocycles. The molecule has 0 aromatic carbocycles. The van der Waals surface area contributed by atoms with E-state index in [0.717, 1.165) is 0 Å². The molecule has 0 unspecified atom stereocenters.